The standard InChI is InChI=1S/C14H16N2O/c1-10(2)17-12-6-3-5-11(9-12)13-7-4-8-16-14(13)15/h3-10H,1-2H3,(H2,15,16). The van der Waals surface area contributed by atoms with Crippen LogP contribution in [0.2, 0.25) is 0 Å². The molecule has 0 saturated heterocycles. The Bertz CT molecular complexity index is 509. The van der Waals surface area contributed by atoms with Gasteiger partial charge in [-0.1, -0.05) is 12.1 Å². The smallest absolute Gasteiger partial charge is 0.131 e. The molecule has 2 N–H and O–H groups in total. The van der Waals surface area contributed by atoms with Gasteiger partial charge in [-0.25, -0.2) is 4.98 Å². The highest BCUT2D eigenvalue weighted by molar-refractivity contribution is 5.74. The Hall–Kier alpha value is -2.03. The lowest BCUT2D eigenvalue weighted by Crippen LogP contribution is -2.05. The van der Waals surface area contributed by atoms with Gasteiger partial charge in [-0.05, 0) is 43.7 Å². The number of hydrogen-bond acceptors (Lipinski definition) is 3. The Morgan fingerprint density at radius 2 is 2.00 bits per heavy atom. The number of nitrogen functional groups attached to an aromatic ring is 1. The molecular weight excluding hydrogens is 212 g/mol. The van der Waals surface area contributed by atoms with E-state index in [0.29, 0.717) is 5.82 Å². The first-order chi connectivity index (χ1) is 8.16. The van der Waals surface area contributed by atoms with Crippen LogP contribution in [0.3, 0.4) is 0 Å². The second-order valence-corrected chi connectivity index (χ2v) is 4.13. The average Bonchev–Trinajstić information content (AvgIpc) is 2.29. The Kier molecular flexibility index (Phi) is 3.28. The van der Waals surface area contributed by atoms with Crippen LogP contribution in [-0.4, -0.2) is 11.1 Å². The van der Waals surface area contributed by atoms with Gasteiger partial charge in [0, 0.05) is 11.8 Å². The summed E-state index contributed by atoms with van der Waals surface area (Å²) in [6.07, 6.45) is 1.85. The lowest BCUT2D eigenvalue weighted by atomic mass is 10.1. The Labute approximate surface area is 101 Å². The van der Waals surface area contributed by atoms with Crippen molar-refractivity contribution in [3.63, 3.8) is 0 Å². The summed E-state index contributed by atoms with van der Waals surface area (Å²) in [5, 5.41) is 0. The third-order valence-electron chi connectivity index (χ3n) is 2.36. The zero-order valence-electron chi connectivity index (χ0n) is 10.1. The molecule has 0 unspecified atom stereocenters. The molecule has 1 aromatic carbocycles. The minimum absolute atomic E-state index is 0.163. The molecule has 0 fully saturated rings. The monoisotopic (exact) mass is 228 g/mol. The van der Waals surface area contributed by atoms with Gasteiger partial charge < -0.3 is 10.5 Å². The summed E-state index contributed by atoms with van der Waals surface area (Å²) in [5.41, 5.74) is 7.81. The molecular formula is C14H16N2O. The Morgan fingerprint density at radius 3 is 2.71 bits per heavy atom. The Morgan fingerprint density at radius 1 is 1.18 bits per heavy atom. The van der Waals surface area contributed by atoms with Gasteiger partial charge in [0.25, 0.3) is 0 Å². The summed E-state index contributed by atoms with van der Waals surface area (Å²) in [7, 11) is 0. The lowest BCUT2D eigenvalue weighted by molar-refractivity contribution is 0.242. The molecule has 0 atom stereocenters. The van der Waals surface area contributed by atoms with Crippen LogP contribution < -0.4 is 10.5 Å². The number of hydrogen-bond donors (Lipinski definition) is 1. The van der Waals surface area contributed by atoms with Gasteiger partial charge in [-0.3, -0.25) is 0 Å². The molecule has 0 saturated carbocycles. The summed E-state index contributed by atoms with van der Waals surface area (Å²) in [4.78, 5) is 4.08. The quantitative estimate of drug-likeness (QED) is 0.878. The van der Waals surface area contributed by atoms with Gasteiger partial charge in [0.2, 0.25) is 0 Å². The summed E-state index contributed by atoms with van der Waals surface area (Å²) < 4.78 is 5.65. The van der Waals surface area contributed by atoms with Crippen LogP contribution in [0.25, 0.3) is 11.1 Å². The van der Waals surface area contributed by atoms with Crippen LogP contribution in [0, 0.1) is 0 Å². The molecule has 0 bridgehead atoms. The molecule has 2 rings (SSSR count). The molecule has 0 aliphatic heterocycles. The number of aromatic nitrogens is 1. The van der Waals surface area contributed by atoms with Crippen LogP contribution in [0.15, 0.2) is 42.6 Å². The molecule has 0 spiro atoms. The molecule has 1 aromatic heterocycles. The van der Waals surface area contributed by atoms with Gasteiger partial charge in [0.05, 0.1) is 6.10 Å². The normalized spacial score (nSPS) is 10.5. The van der Waals surface area contributed by atoms with E-state index in [0.717, 1.165) is 16.9 Å². The number of ether oxygens (including phenoxy) is 1. The maximum absolute atomic E-state index is 5.85. The Balaban J connectivity index is 2.37. The van der Waals surface area contributed by atoms with Crippen molar-refractivity contribution in [3.05, 3.63) is 42.6 Å². The number of rotatable bonds is 3. The van der Waals surface area contributed by atoms with Gasteiger partial charge >= 0.3 is 0 Å². The molecule has 1 heterocycles. The fourth-order valence-corrected chi connectivity index (χ4v) is 1.67. The zero-order chi connectivity index (χ0) is 12.3. The third-order valence-corrected chi connectivity index (χ3v) is 2.36. The summed E-state index contributed by atoms with van der Waals surface area (Å²) in [6.45, 7) is 4.01. The topological polar surface area (TPSA) is 48.1 Å². The predicted molar refractivity (Wildman–Crippen MR) is 69.8 cm³/mol. The van der Waals surface area contributed by atoms with E-state index >= 15 is 0 Å². The van der Waals surface area contributed by atoms with E-state index in [1.807, 2.05) is 50.2 Å². The van der Waals surface area contributed by atoms with Crippen LogP contribution >= 0.6 is 0 Å². The minimum atomic E-state index is 0.163. The van der Waals surface area contributed by atoms with E-state index < -0.39 is 0 Å². The molecule has 0 radical (unpaired) electrons. The first kappa shape index (κ1) is 11.5. The lowest BCUT2D eigenvalue weighted by Gasteiger charge is -2.11. The van der Waals surface area contributed by atoms with Crippen LogP contribution in [0.5, 0.6) is 5.75 Å². The first-order valence-electron chi connectivity index (χ1n) is 5.64. The number of benzene rings is 1. The zero-order valence-corrected chi connectivity index (χ0v) is 10.1. The van der Waals surface area contributed by atoms with E-state index in [-0.39, 0.29) is 6.10 Å². The average molecular weight is 228 g/mol. The van der Waals surface area contributed by atoms with Crippen molar-refractivity contribution < 1.29 is 4.74 Å². The van der Waals surface area contributed by atoms with E-state index in [4.69, 9.17) is 10.5 Å². The summed E-state index contributed by atoms with van der Waals surface area (Å²) >= 11 is 0. The van der Waals surface area contributed by atoms with Crippen molar-refractivity contribution >= 4 is 5.82 Å². The minimum Gasteiger partial charge on any atom is -0.491 e. The SMILES string of the molecule is CC(C)Oc1cccc(-c2cccnc2N)c1. The highest BCUT2D eigenvalue weighted by Crippen LogP contribution is 2.27. The van der Waals surface area contributed by atoms with Crippen LogP contribution in [0.4, 0.5) is 5.82 Å². The maximum atomic E-state index is 5.85. The number of nitrogens with zero attached hydrogens (tertiary/aromatic N) is 1. The fraction of sp³-hybridized carbons (Fsp3) is 0.214. The van der Waals surface area contributed by atoms with E-state index in [2.05, 4.69) is 4.98 Å². The van der Waals surface area contributed by atoms with Gasteiger partial charge in [-0.15, -0.1) is 0 Å². The second kappa shape index (κ2) is 4.87. The molecule has 2 aromatic rings. The third kappa shape index (κ3) is 2.75. The van der Waals surface area contributed by atoms with Crippen molar-refractivity contribution in [1.29, 1.82) is 0 Å². The molecule has 0 aliphatic rings. The van der Waals surface area contributed by atoms with Gasteiger partial charge in [0.1, 0.15) is 11.6 Å². The highest BCUT2D eigenvalue weighted by atomic mass is 16.5. The number of nitrogens with two attached hydrogens (primary N) is 1. The van der Waals surface area contributed by atoms with Crippen molar-refractivity contribution in [2.75, 3.05) is 5.73 Å². The molecule has 88 valence electrons. The first-order valence-corrected chi connectivity index (χ1v) is 5.64. The highest BCUT2D eigenvalue weighted by Gasteiger charge is 2.04. The predicted octanol–water partition coefficient (Wildman–Crippen LogP) is 3.12. The van der Waals surface area contributed by atoms with E-state index in [1.165, 1.54) is 0 Å². The molecule has 17 heavy (non-hydrogen) atoms. The molecule has 0 aliphatic carbocycles. The molecule has 3 nitrogen and oxygen atoms in total. The summed E-state index contributed by atoms with van der Waals surface area (Å²) in [5.74, 6) is 1.38. The van der Waals surface area contributed by atoms with Crippen LogP contribution in [0.1, 0.15) is 13.8 Å². The van der Waals surface area contributed by atoms with Crippen molar-refractivity contribution in [1.82, 2.24) is 4.98 Å². The fourth-order valence-electron chi connectivity index (χ4n) is 1.67. The van der Waals surface area contributed by atoms with E-state index in [9.17, 15) is 0 Å². The number of anilines is 1. The largest absolute Gasteiger partial charge is 0.491 e. The van der Waals surface area contributed by atoms with E-state index in [1.54, 1.807) is 6.20 Å². The molecule has 0 amide bonds. The van der Waals surface area contributed by atoms with Crippen molar-refractivity contribution in [2.24, 2.45) is 0 Å². The van der Waals surface area contributed by atoms with Gasteiger partial charge in [0.15, 0.2) is 0 Å². The number of pyridine rings is 1. The second-order valence-electron chi connectivity index (χ2n) is 4.13. The van der Waals surface area contributed by atoms with Gasteiger partial charge in [-0.2, -0.15) is 0 Å². The maximum Gasteiger partial charge on any atom is 0.131 e. The van der Waals surface area contributed by atoms with Crippen molar-refractivity contribution in [3.8, 4) is 16.9 Å². The summed E-state index contributed by atoms with van der Waals surface area (Å²) in [6, 6.07) is 11.7. The van der Waals surface area contributed by atoms with Crippen molar-refractivity contribution in [2.45, 2.75) is 20.0 Å². The van der Waals surface area contributed by atoms with Crippen LogP contribution in [-0.2, 0) is 0 Å². The molecule has 3 heteroatoms.